The van der Waals surface area contributed by atoms with Crippen molar-refractivity contribution in [3.63, 3.8) is 0 Å². The average Bonchev–Trinajstić information content (AvgIpc) is 3.58. The van der Waals surface area contributed by atoms with Gasteiger partial charge in [0.15, 0.2) is 5.60 Å². The molecule has 2 aromatic heterocycles. The SMILES string of the molecule is Cn1cnc(C2CC3CC(O)(c4cc(C(C)(O)C(F)F)nn4C)CC3C2)c1C(=O)Nc1ccc(F)c(Cl)c1. The molecule has 2 fully saturated rings. The Morgan fingerprint density at radius 3 is 2.50 bits per heavy atom. The number of carbonyl (C=O) groups is 1. The monoisotopic (exact) mass is 551 g/mol. The molecule has 3 unspecified atom stereocenters. The number of benzene rings is 1. The number of anilines is 1. The predicted octanol–water partition coefficient (Wildman–Crippen LogP) is 4.46. The Labute approximate surface area is 222 Å². The van der Waals surface area contributed by atoms with Gasteiger partial charge in [0.25, 0.3) is 12.3 Å². The standard InChI is InChI=1S/C26H29ClF3N5O3/c1-25(37,24(29)30)19-9-20(35(3)33-19)26(38)10-14-6-13(7-15(14)11-26)21-22(34(2)12-31-21)23(36)32-16-4-5-18(28)17(27)8-16/h4-5,8-9,12-15,24,37-38H,6-7,10-11H2,1-3H3,(H,32,36). The number of hydrogen-bond donors (Lipinski definition) is 3. The fourth-order valence-corrected chi connectivity index (χ4v) is 6.33. The molecule has 12 heteroatoms. The van der Waals surface area contributed by atoms with Gasteiger partial charge in [0.05, 0.1) is 22.7 Å². The minimum atomic E-state index is -3.02. The molecule has 2 aliphatic rings. The van der Waals surface area contributed by atoms with Gasteiger partial charge in [-0.3, -0.25) is 9.48 Å². The molecule has 0 radical (unpaired) electrons. The molecule has 0 saturated heterocycles. The molecular formula is C26H29ClF3N5O3. The summed E-state index contributed by atoms with van der Waals surface area (Å²) >= 11 is 5.84. The van der Waals surface area contributed by atoms with E-state index in [4.69, 9.17) is 11.6 Å². The molecule has 204 valence electrons. The molecule has 3 atom stereocenters. The van der Waals surface area contributed by atoms with E-state index in [0.717, 1.165) is 6.92 Å². The maximum absolute atomic E-state index is 13.5. The second kappa shape index (κ2) is 9.39. The number of aromatic nitrogens is 4. The number of imidazole rings is 1. The number of nitrogens with one attached hydrogen (secondary N) is 1. The molecule has 0 spiro atoms. The molecule has 3 aromatic rings. The Morgan fingerprint density at radius 2 is 1.89 bits per heavy atom. The van der Waals surface area contributed by atoms with Crippen LogP contribution in [0.4, 0.5) is 18.9 Å². The Bertz CT molecular complexity index is 1370. The lowest BCUT2D eigenvalue weighted by Gasteiger charge is -2.25. The van der Waals surface area contributed by atoms with Gasteiger partial charge in [0, 0.05) is 25.7 Å². The molecule has 2 aliphatic carbocycles. The number of alkyl halides is 2. The van der Waals surface area contributed by atoms with Crippen LogP contribution < -0.4 is 5.32 Å². The highest BCUT2D eigenvalue weighted by molar-refractivity contribution is 6.31. The number of amides is 1. The second-order valence-corrected chi connectivity index (χ2v) is 11.2. The lowest BCUT2D eigenvalue weighted by atomic mass is 9.89. The van der Waals surface area contributed by atoms with E-state index in [9.17, 15) is 28.2 Å². The molecule has 38 heavy (non-hydrogen) atoms. The summed E-state index contributed by atoms with van der Waals surface area (Å²) in [5.74, 6) is -0.703. The number of hydrogen-bond acceptors (Lipinski definition) is 5. The first-order chi connectivity index (χ1) is 17.8. The summed E-state index contributed by atoms with van der Waals surface area (Å²) in [6.07, 6.45) is 0.781. The molecule has 1 amide bonds. The van der Waals surface area contributed by atoms with Gasteiger partial charge in [0.1, 0.15) is 22.8 Å². The number of fused-ring (bicyclic) bond motifs is 1. The summed E-state index contributed by atoms with van der Waals surface area (Å²) in [4.78, 5) is 17.7. The number of halogens is 4. The minimum absolute atomic E-state index is 0.00466. The van der Waals surface area contributed by atoms with Gasteiger partial charge in [-0.2, -0.15) is 5.10 Å². The van der Waals surface area contributed by atoms with Gasteiger partial charge in [-0.15, -0.1) is 0 Å². The van der Waals surface area contributed by atoms with E-state index in [1.165, 1.54) is 28.9 Å². The Morgan fingerprint density at radius 1 is 1.24 bits per heavy atom. The van der Waals surface area contributed by atoms with Crippen molar-refractivity contribution >= 4 is 23.2 Å². The molecular weight excluding hydrogens is 523 g/mol. The lowest BCUT2D eigenvalue weighted by molar-refractivity contribution is -0.0913. The predicted molar refractivity (Wildman–Crippen MR) is 133 cm³/mol. The Hall–Kier alpha value is -2.89. The van der Waals surface area contributed by atoms with Gasteiger partial charge in [0.2, 0.25) is 0 Å². The number of carbonyl (C=O) groups excluding carboxylic acids is 1. The molecule has 0 bridgehead atoms. The topological polar surface area (TPSA) is 105 Å². The maximum Gasteiger partial charge on any atom is 0.274 e. The third-order valence-corrected chi connectivity index (χ3v) is 8.38. The van der Waals surface area contributed by atoms with Crippen molar-refractivity contribution in [2.45, 2.75) is 56.2 Å². The largest absolute Gasteiger partial charge is 0.384 e. The van der Waals surface area contributed by atoms with Crippen LogP contribution in [0.2, 0.25) is 5.02 Å². The molecule has 2 heterocycles. The number of rotatable bonds is 6. The third-order valence-electron chi connectivity index (χ3n) is 8.09. The second-order valence-electron chi connectivity index (χ2n) is 10.8. The first-order valence-corrected chi connectivity index (χ1v) is 12.7. The van der Waals surface area contributed by atoms with Crippen LogP contribution in [0.15, 0.2) is 30.6 Å². The van der Waals surface area contributed by atoms with Gasteiger partial charge in [-0.1, -0.05) is 11.6 Å². The van der Waals surface area contributed by atoms with Crippen LogP contribution >= 0.6 is 11.6 Å². The zero-order valence-corrected chi connectivity index (χ0v) is 21.9. The van der Waals surface area contributed by atoms with Gasteiger partial charge >= 0.3 is 0 Å². The van der Waals surface area contributed by atoms with Gasteiger partial charge in [-0.05, 0) is 68.7 Å². The van der Waals surface area contributed by atoms with Crippen LogP contribution in [-0.4, -0.2) is 41.9 Å². The van der Waals surface area contributed by atoms with Crippen molar-refractivity contribution in [2.24, 2.45) is 25.9 Å². The number of nitrogens with zero attached hydrogens (tertiary/aromatic N) is 4. The summed E-state index contributed by atoms with van der Waals surface area (Å²) in [5.41, 5.74) is -2.03. The van der Waals surface area contributed by atoms with Crippen LogP contribution in [0, 0.1) is 17.7 Å². The van der Waals surface area contributed by atoms with Crippen molar-refractivity contribution in [1.29, 1.82) is 0 Å². The van der Waals surface area contributed by atoms with E-state index >= 15 is 0 Å². The molecule has 2 saturated carbocycles. The first kappa shape index (κ1) is 26.7. The fourth-order valence-electron chi connectivity index (χ4n) is 6.14. The van der Waals surface area contributed by atoms with Crippen molar-refractivity contribution < 1.29 is 28.2 Å². The van der Waals surface area contributed by atoms with Crippen molar-refractivity contribution in [1.82, 2.24) is 19.3 Å². The summed E-state index contributed by atoms with van der Waals surface area (Å²) < 4.78 is 43.2. The smallest absolute Gasteiger partial charge is 0.274 e. The van der Waals surface area contributed by atoms with Crippen molar-refractivity contribution in [3.05, 3.63) is 64.2 Å². The fraction of sp³-hybridized carbons (Fsp3) is 0.500. The third kappa shape index (κ3) is 4.50. The van der Waals surface area contributed by atoms with E-state index in [2.05, 4.69) is 15.4 Å². The van der Waals surface area contributed by atoms with E-state index < -0.39 is 23.4 Å². The van der Waals surface area contributed by atoms with E-state index in [1.807, 2.05) is 0 Å². The zero-order chi connectivity index (χ0) is 27.6. The Balaban J connectivity index is 1.32. The highest BCUT2D eigenvalue weighted by Gasteiger charge is 2.52. The van der Waals surface area contributed by atoms with Crippen LogP contribution in [0.5, 0.6) is 0 Å². The quantitative estimate of drug-likeness (QED) is 0.419. The van der Waals surface area contributed by atoms with E-state index in [0.29, 0.717) is 48.5 Å². The minimum Gasteiger partial charge on any atom is -0.384 e. The highest BCUT2D eigenvalue weighted by atomic mass is 35.5. The summed E-state index contributed by atoms with van der Waals surface area (Å²) in [6, 6.07) is 5.32. The first-order valence-electron chi connectivity index (χ1n) is 12.4. The van der Waals surface area contributed by atoms with Gasteiger partial charge in [-0.25, -0.2) is 18.2 Å². The molecule has 8 nitrogen and oxygen atoms in total. The normalized spacial score (nSPS) is 26.5. The van der Waals surface area contributed by atoms with Gasteiger partial charge < -0.3 is 20.1 Å². The summed E-state index contributed by atoms with van der Waals surface area (Å²) in [6.45, 7) is 1.01. The highest BCUT2D eigenvalue weighted by Crippen LogP contribution is 2.57. The molecule has 5 rings (SSSR count). The van der Waals surface area contributed by atoms with Crippen LogP contribution in [0.1, 0.15) is 66.1 Å². The van der Waals surface area contributed by atoms with Crippen LogP contribution in [-0.2, 0) is 25.3 Å². The number of aryl methyl sites for hydroxylation is 2. The maximum atomic E-state index is 13.5. The number of aliphatic hydroxyl groups is 2. The summed E-state index contributed by atoms with van der Waals surface area (Å²) in [7, 11) is 3.30. The Kier molecular flexibility index (Phi) is 6.60. The van der Waals surface area contributed by atoms with Crippen LogP contribution in [0.25, 0.3) is 0 Å². The molecule has 1 aromatic carbocycles. The van der Waals surface area contributed by atoms with E-state index in [-0.39, 0.29) is 34.4 Å². The summed E-state index contributed by atoms with van der Waals surface area (Å²) in [5, 5.41) is 28.4. The average molecular weight is 552 g/mol. The van der Waals surface area contributed by atoms with Crippen LogP contribution in [0.3, 0.4) is 0 Å². The zero-order valence-electron chi connectivity index (χ0n) is 21.1. The van der Waals surface area contributed by atoms with Crippen molar-refractivity contribution in [2.75, 3.05) is 5.32 Å². The van der Waals surface area contributed by atoms with Crippen molar-refractivity contribution in [3.8, 4) is 0 Å². The lowest BCUT2D eigenvalue weighted by Crippen LogP contribution is -2.31. The van der Waals surface area contributed by atoms with E-state index in [1.54, 1.807) is 25.0 Å². The molecule has 3 N–H and O–H groups in total. The molecule has 0 aliphatic heterocycles.